The van der Waals surface area contributed by atoms with Gasteiger partial charge in [-0.2, -0.15) is 0 Å². The van der Waals surface area contributed by atoms with Crippen molar-refractivity contribution in [2.24, 2.45) is 23.7 Å². The molecule has 0 radical (unpaired) electrons. The normalized spacial score (nSPS) is 23.6. The Bertz CT molecular complexity index is 2340. The molecule has 2 heterocycles. The SMILES string of the molecule is CC(=O)OCC1OC(OCCNC(=O)OCc2ccccc2)C(NC(=O)OCC(Cl)(Cl)Cl)C(C)C1C.CC(=O)OCC1OC(OCCNC(=O)OCc2ccccc2)C(NS(=O)(=O)c2ccc(C)cc2)C(C)C1C. The minimum Gasteiger partial charge on any atom is -0.463 e. The molecule has 2 fully saturated rings. The summed E-state index contributed by atoms with van der Waals surface area (Å²) in [6.45, 7) is 12.3. The number of alkyl halides is 3. The molecule has 0 saturated carbocycles. The summed E-state index contributed by atoms with van der Waals surface area (Å²) < 4.78 is 76.7. The van der Waals surface area contributed by atoms with Gasteiger partial charge in [0, 0.05) is 26.9 Å². The Kier molecular flexibility index (Phi) is 25.4. The number of aryl methyl sites for hydroxylation is 1. The monoisotopic (exact) mass is 1120 g/mol. The van der Waals surface area contributed by atoms with E-state index in [0.717, 1.165) is 16.7 Å². The first-order valence-corrected chi connectivity index (χ1v) is 26.4. The number of nitrogens with one attached hydrogen (secondary N) is 4. The molecule has 0 bridgehead atoms. The van der Waals surface area contributed by atoms with Crippen LogP contribution in [0.15, 0.2) is 89.8 Å². The molecule has 3 aromatic carbocycles. The first kappa shape index (κ1) is 61.6. The zero-order chi connectivity index (χ0) is 54.4. The summed E-state index contributed by atoms with van der Waals surface area (Å²) >= 11 is 16.9. The van der Waals surface area contributed by atoms with Gasteiger partial charge in [-0.05, 0) is 53.9 Å². The van der Waals surface area contributed by atoms with E-state index in [1.54, 1.807) is 24.3 Å². The van der Waals surface area contributed by atoms with E-state index in [4.69, 9.17) is 77.4 Å². The number of hydrogen-bond donors (Lipinski definition) is 4. The van der Waals surface area contributed by atoms with Gasteiger partial charge >= 0.3 is 30.2 Å². The quantitative estimate of drug-likeness (QED) is 0.0359. The largest absolute Gasteiger partial charge is 0.463 e. The van der Waals surface area contributed by atoms with Crippen LogP contribution in [0.25, 0.3) is 0 Å². The molecule has 2 aliphatic heterocycles. The van der Waals surface area contributed by atoms with Crippen molar-refractivity contribution in [3.05, 3.63) is 102 Å². The van der Waals surface area contributed by atoms with Crippen molar-refractivity contribution in [2.45, 2.75) is 107 Å². The highest BCUT2D eigenvalue weighted by molar-refractivity contribution is 7.89. The van der Waals surface area contributed by atoms with Crippen LogP contribution in [-0.4, -0.2) is 125 Å². The van der Waals surface area contributed by atoms with E-state index >= 15 is 0 Å². The van der Waals surface area contributed by atoms with E-state index in [0.29, 0.717) is 0 Å². The molecular weight excluding hydrogens is 1050 g/mol. The number of hydrogen-bond acceptors (Lipinski definition) is 16. The van der Waals surface area contributed by atoms with E-state index in [1.165, 1.54) is 13.8 Å². The maximum Gasteiger partial charge on any atom is 0.407 e. The molecule has 410 valence electrons. The van der Waals surface area contributed by atoms with Crippen molar-refractivity contribution in [1.29, 1.82) is 0 Å². The minimum absolute atomic E-state index is 0.0161. The summed E-state index contributed by atoms with van der Waals surface area (Å²) in [5, 5.41) is 7.89. The molecule has 74 heavy (non-hydrogen) atoms. The second-order valence-electron chi connectivity index (χ2n) is 17.7. The summed E-state index contributed by atoms with van der Waals surface area (Å²) in [5.74, 6) is -1.54. The number of benzene rings is 3. The average molecular weight is 1120 g/mol. The molecule has 10 atom stereocenters. The lowest BCUT2D eigenvalue weighted by Crippen LogP contribution is -2.59. The molecule has 10 unspecified atom stereocenters. The summed E-state index contributed by atoms with van der Waals surface area (Å²) in [4.78, 5) is 59.0. The Morgan fingerprint density at radius 2 is 1.01 bits per heavy atom. The van der Waals surface area contributed by atoms with E-state index in [2.05, 4.69) is 20.7 Å². The predicted octanol–water partition coefficient (Wildman–Crippen LogP) is 7.10. The fraction of sp³-hybridized carbons (Fsp3) is 0.540. The molecule has 3 amide bonds. The summed E-state index contributed by atoms with van der Waals surface area (Å²) in [5.41, 5.74) is 2.66. The van der Waals surface area contributed by atoms with Crippen molar-refractivity contribution in [2.75, 3.05) is 46.1 Å². The van der Waals surface area contributed by atoms with Gasteiger partial charge in [-0.15, -0.1) is 0 Å². The summed E-state index contributed by atoms with van der Waals surface area (Å²) in [6.07, 6.45) is -4.91. The predicted molar refractivity (Wildman–Crippen MR) is 272 cm³/mol. The molecule has 0 aromatic heterocycles. The Morgan fingerprint density at radius 1 is 0.581 bits per heavy atom. The molecule has 0 spiro atoms. The summed E-state index contributed by atoms with van der Waals surface area (Å²) in [6, 6.07) is 23.7. The van der Waals surface area contributed by atoms with Crippen molar-refractivity contribution >= 4 is 75.0 Å². The van der Waals surface area contributed by atoms with Gasteiger partial charge in [0.15, 0.2) is 12.6 Å². The van der Waals surface area contributed by atoms with Gasteiger partial charge in [0.25, 0.3) is 0 Å². The molecule has 5 rings (SSSR count). The van der Waals surface area contributed by atoms with Crippen LogP contribution in [-0.2, 0) is 75.5 Å². The molecular formula is C50H67Cl3N4O16S. The lowest BCUT2D eigenvalue weighted by molar-refractivity contribution is -0.242. The van der Waals surface area contributed by atoms with E-state index in [1.807, 2.05) is 95.3 Å². The molecule has 24 heteroatoms. The number of carbonyl (C=O) groups excluding carboxylic acids is 5. The van der Waals surface area contributed by atoms with E-state index in [9.17, 15) is 32.4 Å². The maximum atomic E-state index is 13.1. The molecule has 3 aromatic rings. The molecule has 4 N–H and O–H groups in total. The van der Waals surface area contributed by atoms with Crippen molar-refractivity contribution in [1.82, 2.24) is 20.7 Å². The first-order chi connectivity index (χ1) is 35.0. The highest BCUT2D eigenvalue weighted by Crippen LogP contribution is 2.34. The van der Waals surface area contributed by atoms with Gasteiger partial charge in [-0.1, -0.05) is 141 Å². The van der Waals surface area contributed by atoms with Gasteiger partial charge in [0.1, 0.15) is 33.0 Å². The van der Waals surface area contributed by atoms with Gasteiger partial charge in [0.2, 0.25) is 13.8 Å². The second kappa shape index (κ2) is 30.5. The lowest BCUT2D eigenvalue weighted by atomic mass is 9.82. The van der Waals surface area contributed by atoms with Gasteiger partial charge < -0.3 is 58.6 Å². The van der Waals surface area contributed by atoms with Gasteiger partial charge in [-0.25, -0.2) is 27.5 Å². The Morgan fingerprint density at radius 3 is 1.45 bits per heavy atom. The Hall–Kier alpha value is -4.97. The van der Waals surface area contributed by atoms with Crippen LogP contribution >= 0.6 is 34.8 Å². The third-order valence-corrected chi connectivity index (χ3v) is 13.9. The van der Waals surface area contributed by atoms with Crippen molar-refractivity contribution in [3.63, 3.8) is 0 Å². The van der Waals surface area contributed by atoms with Crippen molar-refractivity contribution < 1.29 is 75.0 Å². The molecule has 2 aliphatic rings. The molecule has 20 nitrogen and oxygen atoms in total. The number of sulfonamides is 1. The van der Waals surface area contributed by atoms with E-state index in [-0.39, 0.29) is 81.3 Å². The number of halogens is 3. The number of rotatable bonds is 21. The van der Waals surface area contributed by atoms with Crippen LogP contribution in [0.3, 0.4) is 0 Å². The number of carbonyl (C=O) groups is 5. The van der Waals surface area contributed by atoms with Crippen molar-refractivity contribution in [3.8, 4) is 0 Å². The highest BCUT2D eigenvalue weighted by atomic mass is 35.6. The zero-order valence-corrected chi connectivity index (χ0v) is 45.4. The topological polar surface area (TPSA) is 251 Å². The Balaban J connectivity index is 0.000000321. The standard InChI is InChI=1S/C27H36N2O8S.C23H31Cl3N2O8/c1-18-10-12-23(13-11-18)38(32,33)29-25-20(3)19(2)24(17-35-21(4)30)37-26(25)34-15-14-28-27(31)36-16-22-8-6-5-7-9-22;1-14-15(2)19(28-22(31)35-13-23(24,25)26)20(36-18(14)12-33-16(3)29)32-10-9-27-21(30)34-11-17-7-5-4-6-8-17/h5-13,19-20,24-26,29H,14-17H2,1-4H3,(H,28,31);4-8,14-15,18-20H,9-13H2,1-3H3,(H,27,30)(H,28,31). The zero-order valence-electron chi connectivity index (χ0n) is 42.3. The third-order valence-electron chi connectivity index (χ3n) is 12.1. The van der Waals surface area contributed by atoms with E-state index < -0.39 is 87.5 Å². The molecule has 0 aliphatic carbocycles. The summed E-state index contributed by atoms with van der Waals surface area (Å²) in [7, 11) is -3.87. The first-order valence-electron chi connectivity index (χ1n) is 23.8. The number of ether oxygens (including phenoxy) is 9. The van der Waals surface area contributed by atoms with Crippen LogP contribution in [0.1, 0.15) is 58.2 Å². The number of esters is 2. The maximum absolute atomic E-state index is 13.1. The van der Waals surface area contributed by atoms with Gasteiger partial charge in [-0.3, -0.25) is 9.59 Å². The second-order valence-corrected chi connectivity index (χ2v) is 21.9. The number of amides is 3. The highest BCUT2D eigenvalue weighted by Gasteiger charge is 2.45. The van der Waals surface area contributed by atoms with Crippen LogP contribution < -0.4 is 20.7 Å². The fourth-order valence-corrected chi connectivity index (χ4v) is 8.99. The van der Waals surface area contributed by atoms with Gasteiger partial charge in [0.05, 0.1) is 42.4 Å². The minimum atomic E-state index is -3.87. The lowest BCUT2D eigenvalue weighted by Gasteiger charge is -2.44. The van der Waals surface area contributed by atoms with Crippen LogP contribution in [0.5, 0.6) is 0 Å². The average Bonchev–Trinajstić information content (AvgIpc) is 3.36. The number of alkyl carbamates (subject to hydrolysis) is 3. The van der Waals surface area contributed by atoms with Crippen LogP contribution in [0.2, 0.25) is 0 Å². The molecule has 2 saturated heterocycles. The van der Waals surface area contributed by atoms with Crippen LogP contribution in [0.4, 0.5) is 14.4 Å². The Labute approximate surface area is 447 Å². The van der Waals surface area contributed by atoms with Crippen LogP contribution in [0, 0.1) is 30.6 Å². The third kappa shape index (κ3) is 21.7. The smallest absolute Gasteiger partial charge is 0.407 e. The fourth-order valence-electron chi connectivity index (χ4n) is 7.51.